The fraction of sp³-hybridized carbons (Fsp3) is 0.125. The number of nitrogens with two attached hydrogens (primary N) is 1. The van der Waals surface area contributed by atoms with Gasteiger partial charge in [0.2, 0.25) is 0 Å². The Kier molecular flexibility index (Phi) is 2.95. The molecule has 2 N–H and O–H groups in total. The van der Waals surface area contributed by atoms with Crippen LogP contribution in [0.1, 0.15) is 0 Å². The SMILES string of the molecule is COc1cccc(OC=NN)c1. The number of hydrogen-bond donors (Lipinski definition) is 1. The Labute approximate surface area is 70.6 Å². The highest BCUT2D eigenvalue weighted by molar-refractivity contribution is 5.52. The van der Waals surface area contributed by atoms with Crippen molar-refractivity contribution < 1.29 is 9.47 Å². The molecule has 1 aromatic rings. The molecule has 1 aromatic carbocycles. The lowest BCUT2D eigenvalue weighted by molar-refractivity contribution is 0.412. The summed E-state index contributed by atoms with van der Waals surface area (Å²) in [5.74, 6) is 6.24. The Morgan fingerprint density at radius 2 is 2.17 bits per heavy atom. The van der Waals surface area contributed by atoms with E-state index in [9.17, 15) is 0 Å². The molecule has 0 aromatic heterocycles. The van der Waals surface area contributed by atoms with Gasteiger partial charge in [-0.3, -0.25) is 0 Å². The summed E-state index contributed by atoms with van der Waals surface area (Å²) in [6.07, 6.45) is 1.16. The third kappa shape index (κ3) is 2.16. The Balaban J connectivity index is 2.72. The average molecular weight is 166 g/mol. The van der Waals surface area contributed by atoms with Crippen molar-refractivity contribution in [3.8, 4) is 11.5 Å². The van der Waals surface area contributed by atoms with Crippen molar-refractivity contribution in [3.63, 3.8) is 0 Å². The van der Waals surface area contributed by atoms with Gasteiger partial charge in [0.25, 0.3) is 0 Å². The van der Waals surface area contributed by atoms with Crippen LogP contribution in [0.2, 0.25) is 0 Å². The van der Waals surface area contributed by atoms with Crippen molar-refractivity contribution in [2.45, 2.75) is 0 Å². The first kappa shape index (κ1) is 8.39. The van der Waals surface area contributed by atoms with E-state index in [1.54, 1.807) is 19.2 Å². The molecule has 12 heavy (non-hydrogen) atoms. The number of hydrogen-bond acceptors (Lipinski definition) is 4. The third-order valence-electron chi connectivity index (χ3n) is 1.29. The smallest absolute Gasteiger partial charge is 0.198 e. The van der Waals surface area contributed by atoms with Crippen molar-refractivity contribution in [3.05, 3.63) is 24.3 Å². The van der Waals surface area contributed by atoms with Crippen LogP contribution >= 0.6 is 0 Å². The van der Waals surface area contributed by atoms with Gasteiger partial charge in [0, 0.05) is 6.07 Å². The second kappa shape index (κ2) is 4.23. The van der Waals surface area contributed by atoms with Crippen LogP contribution in [-0.2, 0) is 0 Å². The van der Waals surface area contributed by atoms with Crippen LogP contribution in [0.5, 0.6) is 11.5 Å². The van der Waals surface area contributed by atoms with Crippen LogP contribution in [0.15, 0.2) is 29.4 Å². The zero-order valence-electron chi connectivity index (χ0n) is 6.73. The lowest BCUT2D eigenvalue weighted by atomic mass is 10.3. The van der Waals surface area contributed by atoms with Crippen LogP contribution in [0.4, 0.5) is 0 Å². The lowest BCUT2D eigenvalue weighted by Crippen LogP contribution is -1.93. The molecule has 0 spiro atoms. The molecule has 0 heterocycles. The maximum absolute atomic E-state index is 5.00. The van der Waals surface area contributed by atoms with Crippen LogP contribution in [0.25, 0.3) is 0 Å². The van der Waals surface area contributed by atoms with Crippen LogP contribution in [0, 0.1) is 0 Å². The maximum Gasteiger partial charge on any atom is 0.198 e. The standard InChI is InChI=1S/C8H10N2O2/c1-11-7-3-2-4-8(5-7)12-6-10-9/h2-6H,9H2,1H3. The highest BCUT2D eigenvalue weighted by atomic mass is 16.5. The molecule has 0 fully saturated rings. The number of rotatable bonds is 3. The molecule has 4 nitrogen and oxygen atoms in total. The van der Waals surface area contributed by atoms with Crippen LogP contribution in [-0.4, -0.2) is 13.5 Å². The van der Waals surface area contributed by atoms with Crippen molar-refractivity contribution in [1.82, 2.24) is 0 Å². The van der Waals surface area contributed by atoms with Gasteiger partial charge in [-0.25, -0.2) is 0 Å². The van der Waals surface area contributed by atoms with Gasteiger partial charge < -0.3 is 15.3 Å². The second-order valence-electron chi connectivity index (χ2n) is 2.05. The van der Waals surface area contributed by atoms with Gasteiger partial charge in [0.15, 0.2) is 6.40 Å². The summed E-state index contributed by atoms with van der Waals surface area (Å²) in [5.41, 5.74) is 0. The summed E-state index contributed by atoms with van der Waals surface area (Å²) in [7, 11) is 1.59. The molecule has 0 radical (unpaired) electrons. The molecule has 0 amide bonds. The maximum atomic E-state index is 5.00. The van der Waals surface area contributed by atoms with E-state index in [0.717, 1.165) is 12.2 Å². The second-order valence-corrected chi connectivity index (χ2v) is 2.05. The fourth-order valence-electron chi connectivity index (χ4n) is 0.766. The number of ether oxygens (including phenoxy) is 2. The van der Waals surface area contributed by atoms with Gasteiger partial charge in [-0.2, -0.15) is 5.10 Å². The van der Waals surface area contributed by atoms with Gasteiger partial charge in [0.05, 0.1) is 7.11 Å². The first-order valence-electron chi connectivity index (χ1n) is 3.39. The predicted molar refractivity (Wildman–Crippen MR) is 46.3 cm³/mol. The van der Waals surface area contributed by atoms with E-state index in [1.807, 2.05) is 12.1 Å². The van der Waals surface area contributed by atoms with Crippen LogP contribution < -0.4 is 15.3 Å². The Morgan fingerprint density at radius 1 is 1.42 bits per heavy atom. The van der Waals surface area contributed by atoms with Gasteiger partial charge >= 0.3 is 0 Å². The summed E-state index contributed by atoms with van der Waals surface area (Å²) in [4.78, 5) is 0. The normalized spacial score (nSPS) is 10.1. The number of hydrazone groups is 1. The summed E-state index contributed by atoms with van der Waals surface area (Å²) in [6.45, 7) is 0. The minimum absolute atomic E-state index is 0.642. The number of nitrogens with zero attached hydrogens (tertiary/aromatic N) is 1. The van der Waals surface area contributed by atoms with Gasteiger partial charge in [-0.1, -0.05) is 6.07 Å². The Morgan fingerprint density at radius 3 is 2.83 bits per heavy atom. The minimum Gasteiger partial charge on any atom is -0.497 e. The third-order valence-corrected chi connectivity index (χ3v) is 1.29. The molecule has 0 saturated carbocycles. The van der Waals surface area contributed by atoms with Crippen LogP contribution in [0.3, 0.4) is 0 Å². The fourth-order valence-corrected chi connectivity index (χ4v) is 0.766. The molecule has 0 bridgehead atoms. The first-order valence-corrected chi connectivity index (χ1v) is 3.39. The lowest BCUT2D eigenvalue weighted by Gasteiger charge is -2.01. The summed E-state index contributed by atoms with van der Waals surface area (Å²) >= 11 is 0. The molecule has 0 aliphatic heterocycles. The zero-order valence-corrected chi connectivity index (χ0v) is 6.73. The number of methoxy groups -OCH3 is 1. The molecule has 64 valence electrons. The molecular formula is C8H10N2O2. The first-order chi connectivity index (χ1) is 5.86. The zero-order chi connectivity index (χ0) is 8.81. The molecule has 1 rings (SSSR count). The Bertz CT molecular complexity index is 274. The summed E-state index contributed by atoms with van der Waals surface area (Å²) in [6, 6.07) is 7.16. The van der Waals surface area contributed by atoms with E-state index >= 15 is 0 Å². The largest absolute Gasteiger partial charge is 0.497 e. The van der Waals surface area contributed by atoms with Crippen molar-refractivity contribution in [1.29, 1.82) is 0 Å². The molecular weight excluding hydrogens is 156 g/mol. The Hall–Kier alpha value is -1.71. The van der Waals surface area contributed by atoms with Gasteiger partial charge in [-0.05, 0) is 12.1 Å². The highest BCUT2D eigenvalue weighted by Crippen LogP contribution is 2.17. The molecule has 0 saturated heterocycles. The van der Waals surface area contributed by atoms with Crippen molar-refractivity contribution >= 4 is 6.40 Å². The van der Waals surface area contributed by atoms with Crippen molar-refractivity contribution in [2.75, 3.05) is 7.11 Å². The quantitative estimate of drug-likeness (QED) is 0.315. The average Bonchev–Trinajstić information content (AvgIpc) is 2.15. The minimum atomic E-state index is 0.642. The van der Waals surface area contributed by atoms with Gasteiger partial charge in [-0.15, -0.1) is 0 Å². The molecule has 0 unspecified atom stereocenters. The van der Waals surface area contributed by atoms with E-state index in [0.29, 0.717) is 5.75 Å². The van der Waals surface area contributed by atoms with E-state index < -0.39 is 0 Å². The van der Waals surface area contributed by atoms with E-state index in [2.05, 4.69) is 5.10 Å². The summed E-state index contributed by atoms with van der Waals surface area (Å²) in [5, 5.41) is 3.20. The molecule has 0 aliphatic carbocycles. The molecule has 4 heteroatoms. The monoisotopic (exact) mass is 166 g/mol. The topological polar surface area (TPSA) is 56.8 Å². The van der Waals surface area contributed by atoms with E-state index in [-0.39, 0.29) is 0 Å². The van der Waals surface area contributed by atoms with E-state index in [1.165, 1.54) is 0 Å². The predicted octanol–water partition coefficient (Wildman–Crippen LogP) is 0.976. The summed E-state index contributed by atoms with van der Waals surface area (Å²) < 4.78 is 9.98. The van der Waals surface area contributed by atoms with Gasteiger partial charge in [0.1, 0.15) is 11.5 Å². The highest BCUT2D eigenvalue weighted by Gasteiger charge is 1.93. The van der Waals surface area contributed by atoms with E-state index in [4.69, 9.17) is 15.3 Å². The molecule has 0 atom stereocenters. The van der Waals surface area contributed by atoms with Crippen molar-refractivity contribution in [2.24, 2.45) is 10.9 Å². The number of benzene rings is 1. The molecule has 0 aliphatic rings.